The van der Waals surface area contributed by atoms with E-state index in [1.54, 1.807) is 46.0 Å². The monoisotopic (exact) mass is 328 g/mol. The third-order valence-corrected chi connectivity index (χ3v) is 3.29. The molecule has 0 radical (unpaired) electrons. The summed E-state index contributed by atoms with van der Waals surface area (Å²) in [6.07, 6.45) is 4.59. The number of nitrogens with zero attached hydrogens (tertiary/aromatic N) is 4. The van der Waals surface area contributed by atoms with E-state index in [1.165, 1.54) is 6.33 Å². The molecule has 1 aromatic carbocycles. The van der Waals surface area contributed by atoms with Gasteiger partial charge in [0.05, 0.1) is 33.9 Å². The highest BCUT2D eigenvalue weighted by Crippen LogP contribution is 2.37. The molecule has 3 aromatic rings. The zero-order chi connectivity index (χ0) is 16.9. The molecule has 0 atom stereocenters. The van der Waals surface area contributed by atoms with E-state index in [2.05, 4.69) is 30.5 Å². The van der Waals surface area contributed by atoms with Crippen LogP contribution in [0.15, 0.2) is 29.9 Å². The van der Waals surface area contributed by atoms with Gasteiger partial charge in [-0.05, 0) is 12.1 Å². The number of rotatable bonds is 6. The number of hydrogen-bond acceptors (Lipinski definition) is 8. The Balaban J connectivity index is 1.85. The van der Waals surface area contributed by atoms with Gasteiger partial charge < -0.3 is 19.2 Å². The first-order valence-electron chi connectivity index (χ1n) is 7.00. The minimum Gasteiger partial charge on any atom is -0.493 e. The lowest BCUT2D eigenvalue weighted by Crippen LogP contribution is -1.98. The molecule has 0 saturated carbocycles. The minimum atomic E-state index is 0.528. The van der Waals surface area contributed by atoms with Crippen molar-refractivity contribution in [1.29, 1.82) is 0 Å². The summed E-state index contributed by atoms with van der Waals surface area (Å²) in [7, 11) is 4.68. The summed E-state index contributed by atoms with van der Waals surface area (Å²) < 4.78 is 15.9. The molecule has 3 rings (SSSR count). The molecule has 0 amide bonds. The second-order valence-corrected chi connectivity index (χ2v) is 4.65. The summed E-state index contributed by atoms with van der Waals surface area (Å²) in [6, 6.07) is 3.58. The van der Waals surface area contributed by atoms with Gasteiger partial charge in [-0.1, -0.05) is 0 Å². The van der Waals surface area contributed by atoms with Crippen LogP contribution in [0.1, 0.15) is 5.56 Å². The summed E-state index contributed by atoms with van der Waals surface area (Å²) >= 11 is 0. The van der Waals surface area contributed by atoms with Gasteiger partial charge in [-0.2, -0.15) is 5.10 Å². The fraction of sp³-hybridized carbons (Fsp3) is 0.200. The molecule has 0 spiro atoms. The standard InChI is InChI=1S/C15H16N6O3/c1-22-10-4-9(5-11(23-2)13(10)24-3)6-20-21-15-12-14(17-7-16-12)18-8-19-15/h4-8H,1-3H3,(H2,16,17,18,19,21). The smallest absolute Gasteiger partial charge is 0.203 e. The topological polar surface area (TPSA) is 107 Å². The number of aromatic nitrogens is 4. The van der Waals surface area contributed by atoms with Gasteiger partial charge in [0.1, 0.15) is 11.8 Å². The third kappa shape index (κ3) is 2.91. The lowest BCUT2D eigenvalue weighted by atomic mass is 10.2. The van der Waals surface area contributed by atoms with Crippen molar-refractivity contribution in [1.82, 2.24) is 19.9 Å². The van der Waals surface area contributed by atoms with Crippen LogP contribution in [0.5, 0.6) is 17.2 Å². The Morgan fingerprint density at radius 2 is 1.79 bits per heavy atom. The largest absolute Gasteiger partial charge is 0.493 e. The van der Waals surface area contributed by atoms with Crippen LogP contribution in [0.25, 0.3) is 11.2 Å². The molecule has 2 heterocycles. The van der Waals surface area contributed by atoms with Gasteiger partial charge in [0, 0.05) is 5.56 Å². The molecule has 9 nitrogen and oxygen atoms in total. The number of nitrogens with one attached hydrogen (secondary N) is 2. The quantitative estimate of drug-likeness (QED) is 0.525. The number of ether oxygens (including phenoxy) is 3. The summed E-state index contributed by atoms with van der Waals surface area (Å²) in [4.78, 5) is 15.2. The predicted octanol–water partition coefficient (Wildman–Crippen LogP) is 1.82. The first-order chi connectivity index (χ1) is 11.8. The second-order valence-electron chi connectivity index (χ2n) is 4.65. The van der Waals surface area contributed by atoms with Crippen molar-refractivity contribution in [3.63, 3.8) is 0 Å². The van der Waals surface area contributed by atoms with E-state index in [-0.39, 0.29) is 0 Å². The molecule has 0 saturated heterocycles. The lowest BCUT2D eigenvalue weighted by Gasteiger charge is -2.12. The van der Waals surface area contributed by atoms with Gasteiger partial charge in [-0.15, -0.1) is 0 Å². The van der Waals surface area contributed by atoms with Crippen molar-refractivity contribution >= 4 is 23.2 Å². The van der Waals surface area contributed by atoms with Crippen molar-refractivity contribution < 1.29 is 14.2 Å². The lowest BCUT2D eigenvalue weighted by molar-refractivity contribution is 0.324. The molecule has 0 fully saturated rings. The number of anilines is 1. The number of imidazole rings is 1. The third-order valence-electron chi connectivity index (χ3n) is 3.29. The van der Waals surface area contributed by atoms with Crippen molar-refractivity contribution in [2.24, 2.45) is 5.10 Å². The number of benzene rings is 1. The minimum absolute atomic E-state index is 0.528. The molecule has 2 N–H and O–H groups in total. The summed E-state index contributed by atoms with van der Waals surface area (Å²) in [5, 5.41) is 4.18. The zero-order valence-corrected chi connectivity index (χ0v) is 13.4. The SMILES string of the molecule is COc1cc(C=NNc2ncnc3nc[nH]c23)cc(OC)c1OC. The van der Waals surface area contributed by atoms with E-state index in [4.69, 9.17) is 14.2 Å². The number of hydrogen-bond donors (Lipinski definition) is 2. The maximum absolute atomic E-state index is 5.31. The molecule has 124 valence electrons. The summed E-state index contributed by atoms with van der Waals surface area (Å²) in [5.41, 5.74) is 4.88. The van der Waals surface area contributed by atoms with E-state index >= 15 is 0 Å². The van der Waals surface area contributed by atoms with Gasteiger partial charge in [-0.3, -0.25) is 5.43 Å². The number of methoxy groups -OCH3 is 3. The van der Waals surface area contributed by atoms with E-state index in [1.807, 2.05) is 0 Å². The van der Waals surface area contributed by atoms with Crippen LogP contribution in [0.2, 0.25) is 0 Å². The Labute approximate surface area is 137 Å². The number of H-pyrrole nitrogens is 1. The molecule has 0 aliphatic carbocycles. The van der Waals surface area contributed by atoms with E-state index in [9.17, 15) is 0 Å². The molecule has 0 aliphatic heterocycles. The molecule has 24 heavy (non-hydrogen) atoms. The van der Waals surface area contributed by atoms with Crippen molar-refractivity contribution in [2.45, 2.75) is 0 Å². The van der Waals surface area contributed by atoms with Gasteiger partial charge in [0.25, 0.3) is 0 Å². The second kappa shape index (κ2) is 6.82. The Bertz CT molecular complexity index is 852. The Morgan fingerprint density at radius 3 is 2.46 bits per heavy atom. The van der Waals surface area contributed by atoms with Crippen molar-refractivity contribution in [2.75, 3.05) is 26.8 Å². The average Bonchev–Trinajstić information content (AvgIpc) is 3.10. The first kappa shape index (κ1) is 15.5. The zero-order valence-electron chi connectivity index (χ0n) is 13.4. The molecule has 9 heteroatoms. The molecular weight excluding hydrogens is 312 g/mol. The van der Waals surface area contributed by atoms with Crippen LogP contribution >= 0.6 is 0 Å². The van der Waals surface area contributed by atoms with Crippen molar-refractivity contribution in [3.05, 3.63) is 30.4 Å². The van der Waals surface area contributed by atoms with Crippen LogP contribution in [-0.2, 0) is 0 Å². The van der Waals surface area contributed by atoms with E-state index < -0.39 is 0 Å². The molecular formula is C15H16N6O3. The molecule has 2 aromatic heterocycles. The molecule has 0 aliphatic rings. The number of aromatic amines is 1. The highest BCUT2D eigenvalue weighted by Gasteiger charge is 2.12. The van der Waals surface area contributed by atoms with Crippen LogP contribution < -0.4 is 19.6 Å². The molecule has 0 bridgehead atoms. The fourth-order valence-corrected chi connectivity index (χ4v) is 2.19. The average molecular weight is 328 g/mol. The van der Waals surface area contributed by atoms with Crippen LogP contribution in [0.4, 0.5) is 5.82 Å². The van der Waals surface area contributed by atoms with E-state index in [0.717, 1.165) is 5.56 Å². The first-order valence-corrected chi connectivity index (χ1v) is 7.00. The van der Waals surface area contributed by atoms with Gasteiger partial charge >= 0.3 is 0 Å². The maximum Gasteiger partial charge on any atom is 0.203 e. The Morgan fingerprint density at radius 1 is 1.04 bits per heavy atom. The van der Waals surface area contributed by atoms with Gasteiger partial charge in [0.2, 0.25) is 5.75 Å². The Kier molecular flexibility index (Phi) is 4.41. The van der Waals surface area contributed by atoms with Crippen LogP contribution in [0, 0.1) is 0 Å². The normalized spacial score (nSPS) is 11.0. The highest BCUT2D eigenvalue weighted by molar-refractivity contribution is 5.85. The van der Waals surface area contributed by atoms with Gasteiger partial charge in [-0.25, -0.2) is 15.0 Å². The number of fused-ring (bicyclic) bond motifs is 1. The Hall–Kier alpha value is -3.36. The van der Waals surface area contributed by atoms with E-state index in [0.29, 0.717) is 34.2 Å². The molecule has 0 unspecified atom stereocenters. The maximum atomic E-state index is 5.31. The summed E-state index contributed by atoms with van der Waals surface area (Å²) in [6.45, 7) is 0. The van der Waals surface area contributed by atoms with Crippen molar-refractivity contribution in [3.8, 4) is 17.2 Å². The highest BCUT2D eigenvalue weighted by atomic mass is 16.5. The summed E-state index contributed by atoms with van der Waals surface area (Å²) in [5.74, 6) is 2.16. The van der Waals surface area contributed by atoms with Crippen LogP contribution in [-0.4, -0.2) is 47.5 Å². The van der Waals surface area contributed by atoms with Crippen LogP contribution in [0.3, 0.4) is 0 Å². The fourth-order valence-electron chi connectivity index (χ4n) is 2.19. The predicted molar refractivity (Wildman–Crippen MR) is 89.0 cm³/mol. The van der Waals surface area contributed by atoms with Gasteiger partial charge in [0.15, 0.2) is 23.0 Å². The number of hydrazone groups is 1.